The van der Waals surface area contributed by atoms with E-state index in [-0.39, 0.29) is 17.2 Å². The number of nitrogens with one attached hydrogen (secondary N) is 1. The smallest absolute Gasteiger partial charge is 0.262 e. The number of benzene rings is 1. The first-order valence-corrected chi connectivity index (χ1v) is 8.55. The summed E-state index contributed by atoms with van der Waals surface area (Å²) in [6.45, 7) is 9.85. The van der Waals surface area contributed by atoms with Gasteiger partial charge in [0.05, 0.1) is 16.8 Å². The maximum atomic E-state index is 12.8. The van der Waals surface area contributed by atoms with Crippen LogP contribution < -0.4 is 0 Å². The minimum atomic E-state index is -0.935. The highest BCUT2D eigenvalue weighted by Crippen LogP contribution is 2.34. The van der Waals surface area contributed by atoms with Crippen LogP contribution in [0.3, 0.4) is 0 Å². The molecule has 2 amide bonds. The molecule has 3 heterocycles. The van der Waals surface area contributed by atoms with Gasteiger partial charge in [0.2, 0.25) is 0 Å². The van der Waals surface area contributed by atoms with Crippen molar-refractivity contribution < 1.29 is 9.59 Å². The number of carbonyl (C=O) groups excluding carboxylic acids is 2. The third-order valence-corrected chi connectivity index (χ3v) is 4.83. The van der Waals surface area contributed by atoms with Crippen LogP contribution in [-0.4, -0.2) is 36.5 Å². The topological polar surface area (TPSA) is 83.4 Å². The number of aromatic amines is 1. The second kappa shape index (κ2) is 5.03. The normalized spacial score (nSPS) is 15.2. The van der Waals surface area contributed by atoms with Crippen LogP contribution in [0.15, 0.2) is 30.3 Å². The number of rotatable bonds is 2. The third kappa shape index (κ3) is 2.20. The van der Waals surface area contributed by atoms with E-state index in [2.05, 4.69) is 36.0 Å². The zero-order valence-corrected chi connectivity index (χ0v) is 15.5. The van der Waals surface area contributed by atoms with E-state index in [9.17, 15) is 9.59 Å². The first-order valence-electron chi connectivity index (χ1n) is 8.55. The summed E-state index contributed by atoms with van der Waals surface area (Å²) in [5.41, 5.74) is 1.48. The van der Waals surface area contributed by atoms with Crippen LogP contribution in [0.2, 0.25) is 0 Å². The minimum absolute atomic E-state index is 0.0905. The van der Waals surface area contributed by atoms with Crippen molar-refractivity contribution in [2.45, 2.75) is 45.6 Å². The van der Waals surface area contributed by atoms with E-state index in [1.807, 2.05) is 6.07 Å². The number of hydrogen-bond donors (Lipinski definition) is 1. The zero-order chi connectivity index (χ0) is 18.9. The monoisotopic (exact) mass is 351 g/mol. The lowest BCUT2D eigenvalue weighted by Crippen LogP contribution is -2.46. The fourth-order valence-corrected chi connectivity index (χ4v) is 3.22. The molecule has 1 aromatic carbocycles. The van der Waals surface area contributed by atoms with Crippen molar-refractivity contribution in [3.63, 3.8) is 0 Å². The largest absolute Gasteiger partial charge is 0.323 e. The second-order valence-electron chi connectivity index (χ2n) is 8.18. The molecule has 3 aromatic rings. The molecule has 1 aliphatic heterocycles. The molecule has 7 heteroatoms. The van der Waals surface area contributed by atoms with Gasteiger partial charge in [0.25, 0.3) is 11.8 Å². The summed E-state index contributed by atoms with van der Waals surface area (Å²) in [5.74, 6) is -0.102. The molecule has 26 heavy (non-hydrogen) atoms. The van der Waals surface area contributed by atoms with Crippen molar-refractivity contribution >= 4 is 17.5 Å². The van der Waals surface area contributed by atoms with Gasteiger partial charge in [-0.1, -0.05) is 32.9 Å². The van der Waals surface area contributed by atoms with Crippen molar-refractivity contribution in [1.82, 2.24) is 24.7 Å². The van der Waals surface area contributed by atoms with Crippen molar-refractivity contribution in [3.8, 4) is 0 Å². The van der Waals surface area contributed by atoms with Gasteiger partial charge in [0.1, 0.15) is 5.54 Å². The number of fused-ring (bicyclic) bond motifs is 2. The summed E-state index contributed by atoms with van der Waals surface area (Å²) in [4.78, 5) is 30.1. The molecule has 0 fully saturated rings. The highest BCUT2D eigenvalue weighted by atomic mass is 16.2. The number of amides is 2. The van der Waals surface area contributed by atoms with Crippen LogP contribution in [0, 0.1) is 0 Å². The molecule has 134 valence electrons. The molecule has 0 saturated heterocycles. The molecule has 7 nitrogen and oxygen atoms in total. The predicted molar refractivity (Wildman–Crippen MR) is 96.0 cm³/mol. The van der Waals surface area contributed by atoms with Gasteiger partial charge in [0.15, 0.2) is 11.5 Å². The molecule has 0 atom stereocenters. The second-order valence-corrected chi connectivity index (χ2v) is 8.18. The number of hydrogen-bond acceptors (Lipinski definition) is 4. The molecule has 0 radical (unpaired) electrons. The maximum absolute atomic E-state index is 12.8. The van der Waals surface area contributed by atoms with Gasteiger partial charge in [-0.3, -0.25) is 14.5 Å². The summed E-state index contributed by atoms with van der Waals surface area (Å²) in [6.07, 6.45) is 0. The average Bonchev–Trinajstić information content (AvgIpc) is 3.19. The van der Waals surface area contributed by atoms with E-state index in [4.69, 9.17) is 0 Å². The lowest BCUT2D eigenvalue weighted by molar-refractivity contribution is 0.0461. The first-order chi connectivity index (χ1) is 12.1. The first kappa shape index (κ1) is 16.5. The molecular formula is C19H21N5O2. The highest BCUT2D eigenvalue weighted by molar-refractivity contribution is 6.21. The van der Waals surface area contributed by atoms with E-state index in [1.54, 1.807) is 38.1 Å². The zero-order valence-electron chi connectivity index (χ0n) is 15.5. The number of H-pyrrole nitrogens is 1. The van der Waals surface area contributed by atoms with Crippen LogP contribution in [-0.2, 0) is 11.0 Å². The molecular weight excluding hydrogens is 330 g/mol. The summed E-state index contributed by atoms with van der Waals surface area (Å²) in [6, 6.07) is 8.81. The van der Waals surface area contributed by atoms with Gasteiger partial charge in [-0.25, -0.2) is 0 Å². The van der Waals surface area contributed by atoms with Gasteiger partial charge in [0, 0.05) is 11.5 Å². The molecule has 0 unspecified atom stereocenters. The third-order valence-electron chi connectivity index (χ3n) is 4.83. The van der Waals surface area contributed by atoms with E-state index in [1.165, 1.54) is 9.53 Å². The van der Waals surface area contributed by atoms with Crippen LogP contribution >= 0.6 is 0 Å². The lowest BCUT2D eigenvalue weighted by atomic mass is 9.93. The van der Waals surface area contributed by atoms with Gasteiger partial charge < -0.3 is 4.98 Å². The van der Waals surface area contributed by atoms with Crippen LogP contribution in [0.5, 0.6) is 0 Å². The molecule has 1 aliphatic rings. The molecule has 1 N–H and O–H groups in total. The summed E-state index contributed by atoms with van der Waals surface area (Å²) >= 11 is 0. The Balaban J connectivity index is 1.75. The Hall–Kier alpha value is -2.96. The van der Waals surface area contributed by atoms with Crippen molar-refractivity contribution in [1.29, 1.82) is 0 Å². The Kier molecular flexibility index (Phi) is 3.19. The average molecular weight is 351 g/mol. The quantitative estimate of drug-likeness (QED) is 0.720. The molecule has 2 aromatic heterocycles. The Morgan fingerprint density at radius 1 is 0.923 bits per heavy atom. The van der Waals surface area contributed by atoms with Crippen LogP contribution in [0.4, 0.5) is 0 Å². The van der Waals surface area contributed by atoms with Crippen LogP contribution in [0.25, 0.3) is 5.65 Å². The Morgan fingerprint density at radius 2 is 1.50 bits per heavy atom. The van der Waals surface area contributed by atoms with Crippen molar-refractivity contribution in [2.24, 2.45) is 0 Å². The van der Waals surface area contributed by atoms with Gasteiger partial charge in [-0.15, -0.1) is 9.73 Å². The summed E-state index contributed by atoms with van der Waals surface area (Å²) < 4.78 is 1.52. The van der Waals surface area contributed by atoms with Crippen molar-refractivity contribution in [3.05, 3.63) is 53.0 Å². The fraction of sp³-hybridized carbons (Fsp3) is 0.368. The predicted octanol–water partition coefficient (Wildman–Crippen LogP) is 2.89. The summed E-state index contributed by atoms with van der Waals surface area (Å²) in [7, 11) is 0. The Bertz CT molecular complexity index is 985. The Morgan fingerprint density at radius 3 is 2.00 bits per heavy atom. The van der Waals surface area contributed by atoms with E-state index >= 15 is 0 Å². The fourth-order valence-electron chi connectivity index (χ4n) is 3.22. The maximum Gasteiger partial charge on any atom is 0.262 e. The summed E-state index contributed by atoms with van der Waals surface area (Å²) in [5, 5.41) is 9.01. The molecule has 0 bridgehead atoms. The molecule has 4 rings (SSSR count). The van der Waals surface area contributed by atoms with Gasteiger partial charge >= 0.3 is 0 Å². The number of imide groups is 1. The minimum Gasteiger partial charge on any atom is -0.323 e. The molecule has 0 spiro atoms. The van der Waals surface area contributed by atoms with E-state index in [0.29, 0.717) is 17.0 Å². The standard InChI is InChI=1S/C19H21N5O2/c1-18(2,3)13-10-14-20-17(22-24(14)21-13)19(4,5)23-15(25)11-8-6-7-9-12(11)16(23)26/h6-10H,1-5H3,(H,20,22). The van der Waals surface area contributed by atoms with E-state index in [0.717, 1.165) is 11.3 Å². The van der Waals surface area contributed by atoms with Gasteiger partial charge in [-0.2, -0.15) is 5.10 Å². The highest BCUT2D eigenvalue weighted by Gasteiger charge is 2.46. The number of aromatic nitrogens is 4. The molecule has 0 saturated carbocycles. The number of nitrogens with zero attached hydrogens (tertiary/aromatic N) is 4. The van der Waals surface area contributed by atoms with Crippen molar-refractivity contribution in [2.75, 3.05) is 0 Å². The lowest BCUT2D eigenvalue weighted by Gasteiger charge is -2.31. The van der Waals surface area contributed by atoms with Crippen LogP contribution in [0.1, 0.15) is 66.9 Å². The SMILES string of the molecule is CC(C)(C)c1cc2[nH]c(C(C)(C)N3C(=O)c4ccccc4C3=O)nn2n1. The molecule has 0 aliphatic carbocycles. The van der Waals surface area contributed by atoms with E-state index < -0.39 is 5.54 Å². The van der Waals surface area contributed by atoms with Gasteiger partial charge in [-0.05, 0) is 26.0 Å². The number of carbonyl (C=O) groups is 2. The Labute approximate surface area is 151 Å².